The first kappa shape index (κ1) is 8.63. The molecule has 2 rings (SSSR count). The molecule has 0 unspecified atom stereocenters. The van der Waals surface area contributed by atoms with Crippen molar-refractivity contribution in [1.29, 1.82) is 0 Å². The summed E-state index contributed by atoms with van der Waals surface area (Å²) in [6.45, 7) is 0. The maximum atomic E-state index is 5.61. The molecule has 2 nitrogen and oxygen atoms in total. The third-order valence-corrected chi connectivity index (χ3v) is 2.15. The number of hydrogen-bond acceptors (Lipinski definition) is 2. The quantitative estimate of drug-likeness (QED) is 0.673. The predicted octanol–water partition coefficient (Wildman–Crippen LogP) is 2.76. The van der Waals surface area contributed by atoms with Gasteiger partial charge in [0.1, 0.15) is 0 Å². The summed E-state index contributed by atoms with van der Waals surface area (Å²) in [5, 5.41) is 0. The predicted molar refractivity (Wildman–Crippen MR) is 62.8 cm³/mol. The van der Waals surface area contributed by atoms with Crippen molar-refractivity contribution in [2.45, 2.75) is 0 Å². The largest absolute Gasteiger partial charge is 0.399 e. The van der Waals surface area contributed by atoms with Crippen LogP contribution in [0.25, 0.3) is 11.1 Å². The van der Waals surface area contributed by atoms with Crippen molar-refractivity contribution in [3.8, 4) is 11.1 Å². The van der Waals surface area contributed by atoms with Crippen molar-refractivity contribution in [2.24, 2.45) is 0 Å². The summed E-state index contributed by atoms with van der Waals surface area (Å²) in [5.74, 6) is 0. The summed E-state index contributed by atoms with van der Waals surface area (Å²) in [4.78, 5) is 0. The van der Waals surface area contributed by atoms with E-state index in [4.69, 9.17) is 11.5 Å². The molecule has 0 fully saturated rings. The first-order valence-electron chi connectivity index (χ1n) is 4.47. The number of hydrogen-bond donors (Lipinski definition) is 2. The highest BCUT2D eigenvalue weighted by molar-refractivity contribution is 5.67. The number of nitrogens with two attached hydrogens (primary N) is 2. The third-order valence-electron chi connectivity index (χ3n) is 2.15. The van der Waals surface area contributed by atoms with Crippen LogP contribution in [-0.2, 0) is 0 Å². The summed E-state index contributed by atoms with van der Waals surface area (Å²) >= 11 is 0. The van der Waals surface area contributed by atoms with Crippen LogP contribution in [0.5, 0.6) is 0 Å². The Morgan fingerprint density at radius 3 is 1.14 bits per heavy atom. The van der Waals surface area contributed by atoms with Crippen molar-refractivity contribution in [3.63, 3.8) is 0 Å². The molecule has 0 spiro atoms. The maximum absolute atomic E-state index is 5.61. The van der Waals surface area contributed by atoms with E-state index in [2.05, 4.69) is 0 Å². The summed E-state index contributed by atoms with van der Waals surface area (Å²) < 4.78 is 0. The van der Waals surface area contributed by atoms with Gasteiger partial charge in [-0.3, -0.25) is 0 Å². The minimum Gasteiger partial charge on any atom is -0.399 e. The highest BCUT2D eigenvalue weighted by atomic mass is 14.5. The molecular formula is C12H14N2. The van der Waals surface area contributed by atoms with Crippen LogP contribution in [-0.4, -0.2) is 0 Å². The Balaban J connectivity index is 0.00000112. The molecule has 0 amide bonds. The molecule has 72 valence electrons. The van der Waals surface area contributed by atoms with Gasteiger partial charge in [-0.25, -0.2) is 0 Å². The van der Waals surface area contributed by atoms with Crippen molar-refractivity contribution in [2.75, 3.05) is 11.5 Å². The van der Waals surface area contributed by atoms with Crippen molar-refractivity contribution < 1.29 is 1.43 Å². The molecule has 2 aromatic carbocycles. The Bertz CT molecular complexity index is 377. The van der Waals surface area contributed by atoms with Gasteiger partial charge in [-0.05, 0) is 35.4 Å². The van der Waals surface area contributed by atoms with E-state index in [0.29, 0.717) is 0 Å². The molecule has 0 aliphatic heterocycles. The normalized spacial score (nSPS) is 10.0. The number of anilines is 2. The zero-order valence-corrected chi connectivity index (χ0v) is 7.77. The summed E-state index contributed by atoms with van der Waals surface area (Å²) in [7, 11) is 0. The van der Waals surface area contributed by atoms with Crippen LogP contribution >= 0.6 is 0 Å². The lowest BCUT2D eigenvalue weighted by Crippen LogP contribution is -1.85. The molecule has 0 heterocycles. The average molecular weight is 186 g/mol. The standard InChI is InChI=1S/C12H12N2.H2/c13-11-5-1-9(2-6-11)10-3-7-12(14)8-4-10;/h1-8H,13-14H2;1H. The fraction of sp³-hybridized carbons (Fsp3) is 0. The second-order valence-corrected chi connectivity index (χ2v) is 3.24. The molecule has 0 aromatic heterocycles. The van der Waals surface area contributed by atoms with Gasteiger partial charge in [-0.2, -0.15) is 0 Å². The molecule has 14 heavy (non-hydrogen) atoms. The lowest BCUT2D eigenvalue weighted by atomic mass is 10.1. The van der Waals surface area contributed by atoms with Gasteiger partial charge in [0.15, 0.2) is 0 Å². The summed E-state index contributed by atoms with van der Waals surface area (Å²) in [6, 6.07) is 15.6. The number of benzene rings is 2. The number of rotatable bonds is 1. The van der Waals surface area contributed by atoms with Crippen LogP contribution in [0, 0.1) is 0 Å². The highest BCUT2D eigenvalue weighted by Gasteiger charge is 1.95. The van der Waals surface area contributed by atoms with Crippen LogP contribution in [0.2, 0.25) is 0 Å². The van der Waals surface area contributed by atoms with Crippen LogP contribution in [0.3, 0.4) is 0 Å². The number of nitrogen functional groups attached to an aromatic ring is 2. The first-order valence-corrected chi connectivity index (χ1v) is 4.47. The lowest BCUT2D eigenvalue weighted by Gasteiger charge is -2.02. The molecule has 0 saturated heterocycles. The van der Waals surface area contributed by atoms with Gasteiger partial charge in [0, 0.05) is 12.8 Å². The summed E-state index contributed by atoms with van der Waals surface area (Å²) in [5.41, 5.74) is 15.1. The lowest BCUT2D eigenvalue weighted by molar-refractivity contribution is 1.61. The third kappa shape index (κ3) is 1.69. The van der Waals surface area contributed by atoms with Gasteiger partial charge in [-0.15, -0.1) is 0 Å². The molecular weight excluding hydrogens is 172 g/mol. The molecule has 0 atom stereocenters. The Labute approximate surface area is 84.7 Å². The molecule has 4 N–H and O–H groups in total. The van der Waals surface area contributed by atoms with Gasteiger partial charge in [0.25, 0.3) is 0 Å². The van der Waals surface area contributed by atoms with E-state index in [1.165, 1.54) is 0 Å². The van der Waals surface area contributed by atoms with Gasteiger partial charge in [0.05, 0.1) is 0 Å². The van der Waals surface area contributed by atoms with Crippen molar-refractivity contribution in [3.05, 3.63) is 48.5 Å². The average Bonchev–Trinajstić information content (AvgIpc) is 2.21. The highest BCUT2D eigenvalue weighted by Crippen LogP contribution is 2.21. The smallest absolute Gasteiger partial charge is 0.0314 e. The van der Waals surface area contributed by atoms with Gasteiger partial charge in [-0.1, -0.05) is 24.3 Å². The van der Waals surface area contributed by atoms with Crippen LogP contribution in [0.4, 0.5) is 11.4 Å². The van der Waals surface area contributed by atoms with Crippen LogP contribution < -0.4 is 11.5 Å². The second kappa shape index (κ2) is 3.42. The fourth-order valence-electron chi connectivity index (χ4n) is 1.35. The van der Waals surface area contributed by atoms with E-state index in [9.17, 15) is 0 Å². The molecule has 0 radical (unpaired) electrons. The van der Waals surface area contributed by atoms with E-state index < -0.39 is 0 Å². The van der Waals surface area contributed by atoms with Crippen molar-refractivity contribution >= 4 is 11.4 Å². The molecule has 2 aromatic rings. The Kier molecular flexibility index (Phi) is 2.11. The van der Waals surface area contributed by atoms with Gasteiger partial charge >= 0.3 is 0 Å². The van der Waals surface area contributed by atoms with E-state index in [1.807, 2.05) is 48.5 Å². The Morgan fingerprint density at radius 1 is 0.571 bits per heavy atom. The molecule has 2 heteroatoms. The van der Waals surface area contributed by atoms with Gasteiger partial charge < -0.3 is 11.5 Å². The molecule has 0 aliphatic rings. The minimum absolute atomic E-state index is 0. The van der Waals surface area contributed by atoms with Crippen LogP contribution in [0.1, 0.15) is 1.43 Å². The Morgan fingerprint density at radius 2 is 0.857 bits per heavy atom. The molecule has 0 bridgehead atoms. The SMILES string of the molecule is Nc1ccc(-c2ccc(N)cc2)cc1.[HH]. The van der Waals surface area contributed by atoms with Gasteiger partial charge in [0.2, 0.25) is 0 Å². The van der Waals surface area contributed by atoms with Crippen molar-refractivity contribution in [1.82, 2.24) is 0 Å². The Hall–Kier alpha value is -1.96. The molecule has 0 aliphatic carbocycles. The second-order valence-electron chi connectivity index (χ2n) is 3.24. The zero-order chi connectivity index (χ0) is 9.97. The van der Waals surface area contributed by atoms with E-state index >= 15 is 0 Å². The minimum atomic E-state index is 0. The fourth-order valence-corrected chi connectivity index (χ4v) is 1.35. The van der Waals surface area contributed by atoms with E-state index in [0.717, 1.165) is 22.5 Å². The van der Waals surface area contributed by atoms with E-state index in [1.54, 1.807) is 0 Å². The van der Waals surface area contributed by atoms with Crippen LogP contribution in [0.15, 0.2) is 48.5 Å². The molecule has 0 saturated carbocycles. The first-order chi connectivity index (χ1) is 6.75. The maximum Gasteiger partial charge on any atom is 0.0314 e. The van der Waals surface area contributed by atoms with E-state index in [-0.39, 0.29) is 1.43 Å². The zero-order valence-electron chi connectivity index (χ0n) is 7.77. The summed E-state index contributed by atoms with van der Waals surface area (Å²) in [6.07, 6.45) is 0. The monoisotopic (exact) mass is 186 g/mol. The topological polar surface area (TPSA) is 52.0 Å².